The van der Waals surface area contributed by atoms with Gasteiger partial charge in [-0.15, -0.1) is 0 Å². The Morgan fingerprint density at radius 1 is 1.06 bits per heavy atom. The van der Waals surface area contributed by atoms with Crippen LogP contribution < -0.4 is 0 Å². The smallest absolute Gasteiger partial charge is 0.155 e. The zero-order chi connectivity index (χ0) is 12.7. The molecular weight excluding hydrogens is 198 g/mol. The highest BCUT2D eigenvalue weighted by Crippen LogP contribution is 2.35. The van der Waals surface area contributed by atoms with E-state index in [0.29, 0.717) is 11.8 Å². The van der Waals surface area contributed by atoms with E-state index in [1.807, 2.05) is 20.8 Å². The molecule has 2 atom stereocenters. The number of Topliss-reactive ketones (excluding diaryl/α,β-unsaturated/α-hetero) is 1. The van der Waals surface area contributed by atoms with E-state index in [9.17, 15) is 4.79 Å². The van der Waals surface area contributed by atoms with E-state index in [1.165, 1.54) is 0 Å². The average Bonchev–Trinajstić information content (AvgIpc) is 2.42. The maximum absolute atomic E-state index is 12.4. The van der Waals surface area contributed by atoms with Crippen molar-refractivity contribution in [3.05, 3.63) is 0 Å². The van der Waals surface area contributed by atoms with Crippen molar-refractivity contribution in [3.63, 3.8) is 0 Å². The number of rotatable bonds is 1. The van der Waals surface area contributed by atoms with Gasteiger partial charge >= 0.3 is 0 Å². The van der Waals surface area contributed by atoms with Crippen molar-refractivity contribution < 1.29 is 4.79 Å². The van der Waals surface area contributed by atoms with Gasteiger partial charge in [-0.2, -0.15) is 0 Å². The van der Waals surface area contributed by atoms with Crippen LogP contribution >= 0.6 is 0 Å². The number of ketones is 1. The van der Waals surface area contributed by atoms with Crippen molar-refractivity contribution in [1.82, 2.24) is 4.90 Å². The molecule has 1 rings (SSSR count). The molecule has 0 aliphatic carbocycles. The molecule has 0 amide bonds. The van der Waals surface area contributed by atoms with Crippen LogP contribution in [0.15, 0.2) is 0 Å². The Balaban J connectivity index is 2.93. The van der Waals surface area contributed by atoms with Gasteiger partial charge in [-0.3, -0.25) is 9.69 Å². The summed E-state index contributed by atoms with van der Waals surface area (Å²) < 4.78 is 0. The summed E-state index contributed by atoms with van der Waals surface area (Å²) >= 11 is 0. The van der Waals surface area contributed by atoms with E-state index < -0.39 is 0 Å². The topological polar surface area (TPSA) is 20.3 Å². The van der Waals surface area contributed by atoms with Crippen LogP contribution in [0.2, 0.25) is 0 Å². The van der Waals surface area contributed by atoms with Crippen LogP contribution in [0.4, 0.5) is 0 Å². The summed E-state index contributed by atoms with van der Waals surface area (Å²) in [7, 11) is 0. The van der Waals surface area contributed by atoms with E-state index in [-0.39, 0.29) is 17.0 Å². The quantitative estimate of drug-likeness (QED) is 0.682. The second-order valence-electron chi connectivity index (χ2n) is 7.13. The predicted molar refractivity (Wildman–Crippen MR) is 68.5 cm³/mol. The molecule has 94 valence electrons. The van der Waals surface area contributed by atoms with E-state index in [0.717, 1.165) is 12.8 Å². The van der Waals surface area contributed by atoms with Gasteiger partial charge in [0.15, 0.2) is 5.78 Å². The van der Waals surface area contributed by atoms with Crippen LogP contribution in [0.3, 0.4) is 0 Å². The first-order chi connectivity index (χ1) is 7.05. The third-order valence-electron chi connectivity index (χ3n) is 3.48. The van der Waals surface area contributed by atoms with Crippen LogP contribution in [-0.2, 0) is 4.79 Å². The maximum atomic E-state index is 12.4. The Morgan fingerprint density at radius 3 is 1.94 bits per heavy atom. The summed E-state index contributed by atoms with van der Waals surface area (Å²) in [5.74, 6) is 0.395. The monoisotopic (exact) mass is 225 g/mol. The first-order valence-corrected chi connectivity index (χ1v) is 6.38. The molecule has 2 unspecified atom stereocenters. The van der Waals surface area contributed by atoms with Gasteiger partial charge in [0.25, 0.3) is 0 Å². The lowest BCUT2D eigenvalue weighted by atomic mass is 9.84. The third kappa shape index (κ3) is 2.65. The van der Waals surface area contributed by atoms with E-state index in [4.69, 9.17) is 0 Å². The second-order valence-corrected chi connectivity index (χ2v) is 7.13. The van der Waals surface area contributed by atoms with Gasteiger partial charge in [0.1, 0.15) is 0 Å². The molecule has 16 heavy (non-hydrogen) atoms. The highest BCUT2D eigenvalue weighted by atomic mass is 16.1. The van der Waals surface area contributed by atoms with Crippen LogP contribution in [0.5, 0.6) is 0 Å². The molecule has 1 aliphatic rings. The number of likely N-dealkylation sites (tertiary alicyclic amines) is 1. The largest absolute Gasteiger partial charge is 0.297 e. The minimum absolute atomic E-state index is 0.0848. The molecule has 0 aromatic heterocycles. The first kappa shape index (κ1) is 13.7. The van der Waals surface area contributed by atoms with Crippen molar-refractivity contribution >= 4 is 5.78 Å². The zero-order valence-corrected chi connectivity index (χ0v) is 11.9. The van der Waals surface area contributed by atoms with Crippen molar-refractivity contribution in [2.24, 2.45) is 5.41 Å². The number of carbonyl (C=O) groups excluding carboxylic acids is 1. The Labute approximate surface area is 100 Å². The normalized spacial score (nSPS) is 28.4. The van der Waals surface area contributed by atoms with Gasteiger partial charge in [-0.05, 0) is 40.5 Å². The van der Waals surface area contributed by atoms with Crippen LogP contribution in [0.25, 0.3) is 0 Å². The fraction of sp³-hybridized carbons (Fsp3) is 0.929. The Kier molecular flexibility index (Phi) is 3.54. The number of carbonyl (C=O) groups is 1. The van der Waals surface area contributed by atoms with Gasteiger partial charge < -0.3 is 0 Å². The molecule has 0 spiro atoms. The predicted octanol–water partition coefficient (Wildman–Crippen LogP) is 3.25. The fourth-order valence-corrected chi connectivity index (χ4v) is 2.87. The van der Waals surface area contributed by atoms with E-state index >= 15 is 0 Å². The molecule has 0 aromatic rings. The van der Waals surface area contributed by atoms with Crippen LogP contribution in [0.1, 0.15) is 61.3 Å². The molecule has 0 aromatic carbocycles. The standard InChI is InChI=1S/C14H27NO/c1-10-8-9-11(12(16)13(2,3)4)15(10)14(5,6)7/h10-11H,8-9H2,1-7H3. The van der Waals surface area contributed by atoms with Crippen molar-refractivity contribution in [2.45, 2.75) is 78.9 Å². The molecule has 1 saturated heterocycles. The summed E-state index contributed by atoms with van der Waals surface area (Å²) in [6.45, 7) is 14.9. The molecule has 0 radical (unpaired) electrons. The molecule has 2 nitrogen and oxygen atoms in total. The summed E-state index contributed by atoms with van der Waals surface area (Å²) in [6, 6.07) is 0.645. The molecule has 1 aliphatic heterocycles. The van der Waals surface area contributed by atoms with Crippen molar-refractivity contribution in [2.75, 3.05) is 0 Å². The zero-order valence-electron chi connectivity index (χ0n) is 11.9. The minimum Gasteiger partial charge on any atom is -0.297 e. The van der Waals surface area contributed by atoms with Crippen LogP contribution in [0, 0.1) is 5.41 Å². The molecule has 1 heterocycles. The van der Waals surface area contributed by atoms with Gasteiger partial charge in [-0.1, -0.05) is 20.8 Å². The van der Waals surface area contributed by atoms with Crippen molar-refractivity contribution in [3.8, 4) is 0 Å². The summed E-state index contributed by atoms with van der Waals surface area (Å²) in [4.78, 5) is 14.8. The first-order valence-electron chi connectivity index (χ1n) is 6.38. The van der Waals surface area contributed by atoms with Gasteiger partial charge in [0, 0.05) is 17.0 Å². The van der Waals surface area contributed by atoms with Gasteiger partial charge in [0.2, 0.25) is 0 Å². The lowest BCUT2D eigenvalue weighted by molar-refractivity contribution is -0.133. The molecule has 1 fully saturated rings. The van der Waals surface area contributed by atoms with E-state index in [1.54, 1.807) is 0 Å². The SMILES string of the molecule is CC1CCC(C(=O)C(C)(C)C)N1C(C)(C)C. The lowest BCUT2D eigenvalue weighted by Crippen LogP contribution is -2.53. The average molecular weight is 225 g/mol. The number of hydrogen-bond acceptors (Lipinski definition) is 2. The van der Waals surface area contributed by atoms with Crippen molar-refractivity contribution in [1.29, 1.82) is 0 Å². The van der Waals surface area contributed by atoms with Gasteiger partial charge in [0.05, 0.1) is 6.04 Å². The molecule has 2 heteroatoms. The number of nitrogens with zero attached hydrogens (tertiary/aromatic N) is 1. The minimum atomic E-state index is -0.224. The fourth-order valence-electron chi connectivity index (χ4n) is 2.87. The molecule has 0 bridgehead atoms. The lowest BCUT2D eigenvalue weighted by Gasteiger charge is -2.41. The summed E-state index contributed by atoms with van der Waals surface area (Å²) in [5, 5.41) is 0. The Bertz CT molecular complexity index is 269. The third-order valence-corrected chi connectivity index (χ3v) is 3.48. The Hall–Kier alpha value is -0.370. The highest BCUT2D eigenvalue weighted by Gasteiger charge is 2.44. The molecule has 0 saturated carbocycles. The van der Waals surface area contributed by atoms with Crippen LogP contribution in [-0.4, -0.2) is 28.3 Å². The van der Waals surface area contributed by atoms with E-state index in [2.05, 4.69) is 32.6 Å². The summed E-state index contributed by atoms with van der Waals surface area (Å²) in [5.41, 5.74) is -0.139. The summed E-state index contributed by atoms with van der Waals surface area (Å²) in [6.07, 6.45) is 2.16. The maximum Gasteiger partial charge on any atom is 0.155 e. The molecular formula is C14H27NO. The number of hydrogen-bond donors (Lipinski definition) is 0. The highest BCUT2D eigenvalue weighted by molar-refractivity contribution is 5.89. The second kappa shape index (κ2) is 4.14. The molecule has 0 N–H and O–H groups in total. The Morgan fingerprint density at radius 2 is 1.56 bits per heavy atom. The van der Waals surface area contributed by atoms with Gasteiger partial charge in [-0.25, -0.2) is 0 Å².